The number of carbonyl (C=O) groups is 2. The molecule has 1 atom stereocenters. The molecule has 172 valence electrons. The molecule has 2 aromatic carbocycles. The lowest BCUT2D eigenvalue weighted by Gasteiger charge is -2.22. The molecule has 4 aromatic rings. The summed E-state index contributed by atoms with van der Waals surface area (Å²) in [6, 6.07) is 11.5. The van der Waals surface area contributed by atoms with Gasteiger partial charge in [0.1, 0.15) is 10.5 Å². The van der Waals surface area contributed by atoms with Gasteiger partial charge in [-0.25, -0.2) is 9.78 Å². The summed E-state index contributed by atoms with van der Waals surface area (Å²) in [6.45, 7) is 5.58. The predicted octanol–water partition coefficient (Wildman–Crippen LogP) is 5.45. The van der Waals surface area contributed by atoms with Gasteiger partial charge in [-0.15, -0.1) is 0 Å². The van der Waals surface area contributed by atoms with Crippen LogP contribution in [-0.2, 0) is 4.74 Å². The van der Waals surface area contributed by atoms with E-state index < -0.39 is 17.9 Å². The normalized spacial score (nSPS) is 15.1. The Hall–Kier alpha value is -3.49. The highest BCUT2D eigenvalue weighted by atomic mass is 35.5. The first-order valence-electron chi connectivity index (χ1n) is 10.6. The third-order valence-corrected chi connectivity index (χ3v) is 7.05. The molecular formula is C25H19ClN2O5S. The van der Waals surface area contributed by atoms with Crippen molar-refractivity contribution >= 4 is 50.9 Å². The Morgan fingerprint density at radius 1 is 1.18 bits per heavy atom. The van der Waals surface area contributed by atoms with Crippen molar-refractivity contribution in [2.24, 2.45) is 0 Å². The number of thiazole rings is 1. The molecule has 1 aliphatic rings. The second-order valence-corrected chi connectivity index (χ2v) is 9.35. The molecule has 34 heavy (non-hydrogen) atoms. The number of fused-ring (bicyclic) bond motifs is 2. The third kappa shape index (κ3) is 3.50. The van der Waals surface area contributed by atoms with Gasteiger partial charge in [0.15, 0.2) is 10.6 Å². The molecule has 7 nitrogen and oxygen atoms in total. The summed E-state index contributed by atoms with van der Waals surface area (Å²) in [4.78, 5) is 45.9. The number of anilines is 1. The van der Waals surface area contributed by atoms with E-state index in [0.29, 0.717) is 21.0 Å². The van der Waals surface area contributed by atoms with Crippen molar-refractivity contribution in [3.63, 3.8) is 0 Å². The maximum atomic E-state index is 13.6. The highest BCUT2D eigenvalue weighted by molar-refractivity contribution is 7.17. The molecule has 0 N–H and O–H groups in total. The van der Waals surface area contributed by atoms with Gasteiger partial charge in [0.2, 0.25) is 5.76 Å². The van der Waals surface area contributed by atoms with Gasteiger partial charge in [-0.1, -0.05) is 52.8 Å². The number of aromatic nitrogens is 1. The molecule has 0 bridgehead atoms. The van der Waals surface area contributed by atoms with Gasteiger partial charge in [-0.3, -0.25) is 14.5 Å². The van der Waals surface area contributed by atoms with Crippen LogP contribution < -0.4 is 10.3 Å². The predicted molar refractivity (Wildman–Crippen MR) is 130 cm³/mol. The Labute approximate surface area is 203 Å². The van der Waals surface area contributed by atoms with Crippen LogP contribution in [0.3, 0.4) is 0 Å². The topological polar surface area (TPSA) is 89.7 Å². The smallest absolute Gasteiger partial charge is 0.350 e. The van der Waals surface area contributed by atoms with Crippen LogP contribution in [0.15, 0.2) is 51.7 Å². The van der Waals surface area contributed by atoms with Crippen molar-refractivity contribution in [1.82, 2.24) is 4.98 Å². The largest absolute Gasteiger partial charge is 0.462 e. The molecule has 1 unspecified atom stereocenters. The van der Waals surface area contributed by atoms with E-state index in [4.69, 9.17) is 20.8 Å². The Bertz CT molecular complexity index is 1520. The molecule has 2 aromatic heterocycles. The average molecular weight is 495 g/mol. The maximum absolute atomic E-state index is 13.6. The lowest BCUT2D eigenvalue weighted by atomic mass is 9.98. The van der Waals surface area contributed by atoms with Gasteiger partial charge >= 0.3 is 5.97 Å². The first-order chi connectivity index (χ1) is 16.3. The minimum Gasteiger partial charge on any atom is -0.462 e. The fourth-order valence-electron chi connectivity index (χ4n) is 4.08. The van der Waals surface area contributed by atoms with Gasteiger partial charge in [0.25, 0.3) is 5.91 Å². The van der Waals surface area contributed by atoms with Gasteiger partial charge in [0.05, 0.1) is 29.3 Å². The quantitative estimate of drug-likeness (QED) is 0.351. The number of halogens is 1. The van der Waals surface area contributed by atoms with Crippen LogP contribution in [-0.4, -0.2) is 23.5 Å². The summed E-state index contributed by atoms with van der Waals surface area (Å²) in [5.74, 6) is -1.05. The molecular weight excluding hydrogens is 476 g/mol. The van der Waals surface area contributed by atoms with Crippen LogP contribution in [0.4, 0.5) is 5.13 Å². The van der Waals surface area contributed by atoms with Crippen molar-refractivity contribution in [1.29, 1.82) is 0 Å². The molecule has 1 aliphatic heterocycles. The zero-order valence-corrected chi connectivity index (χ0v) is 20.1. The average Bonchev–Trinajstić information content (AvgIpc) is 3.33. The lowest BCUT2D eigenvalue weighted by Crippen LogP contribution is -2.29. The number of aryl methyl sites for hydroxylation is 2. The molecule has 9 heteroatoms. The van der Waals surface area contributed by atoms with E-state index in [0.717, 1.165) is 22.5 Å². The van der Waals surface area contributed by atoms with E-state index in [-0.39, 0.29) is 34.1 Å². The van der Waals surface area contributed by atoms with Crippen molar-refractivity contribution < 1.29 is 18.7 Å². The number of carbonyl (C=O) groups excluding carboxylic acids is 2. The molecule has 0 aliphatic carbocycles. The van der Waals surface area contributed by atoms with Crippen molar-refractivity contribution in [2.45, 2.75) is 26.8 Å². The summed E-state index contributed by atoms with van der Waals surface area (Å²) < 4.78 is 11.1. The van der Waals surface area contributed by atoms with Crippen LogP contribution >= 0.6 is 22.9 Å². The molecule has 0 saturated heterocycles. The van der Waals surface area contributed by atoms with Gasteiger partial charge in [-0.2, -0.15) is 0 Å². The van der Waals surface area contributed by atoms with E-state index in [2.05, 4.69) is 4.98 Å². The summed E-state index contributed by atoms with van der Waals surface area (Å²) in [5.41, 5.74) is 2.35. The van der Waals surface area contributed by atoms with Crippen molar-refractivity contribution in [2.75, 3.05) is 11.5 Å². The first kappa shape index (κ1) is 22.3. The summed E-state index contributed by atoms with van der Waals surface area (Å²) in [5, 5.41) is 0.965. The van der Waals surface area contributed by atoms with Gasteiger partial charge < -0.3 is 9.15 Å². The number of hydrogen-bond acceptors (Lipinski definition) is 7. The van der Waals surface area contributed by atoms with E-state index in [1.165, 1.54) is 11.0 Å². The molecule has 1 amide bonds. The second-order valence-electron chi connectivity index (χ2n) is 7.93. The van der Waals surface area contributed by atoms with Gasteiger partial charge in [0, 0.05) is 5.02 Å². The van der Waals surface area contributed by atoms with Crippen LogP contribution in [0.5, 0.6) is 0 Å². The monoisotopic (exact) mass is 494 g/mol. The number of hydrogen-bond donors (Lipinski definition) is 0. The zero-order valence-electron chi connectivity index (χ0n) is 18.5. The number of rotatable bonds is 4. The van der Waals surface area contributed by atoms with Crippen LogP contribution in [0.1, 0.15) is 55.6 Å². The number of amides is 1. The van der Waals surface area contributed by atoms with E-state index in [1.54, 1.807) is 26.0 Å². The van der Waals surface area contributed by atoms with Crippen molar-refractivity contribution in [3.05, 3.63) is 90.7 Å². The Balaban J connectivity index is 1.75. The van der Waals surface area contributed by atoms with E-state index in [1.807, 2.05) is 31.2 Å². The van der Waals surface area contributed by atoms with Crippen LogP contribution in [0, 0.1) is 13.8 Å². The highest BCUT2D eigenvalue weighted by Crippen LogP contribution is 2.43. The maximum Gasteiger partial charge on any atom is 0.350 e. The van der Waals surface area contributed by atoms with Crippen LogP contribution in [0.25, 0.3) is 11.0 Å². The van der Waals surface area contributed by atoms with E-state index >= 15 is 0 Å². The Morgan fingerprint density at radius 2 is 1.91 bits per heavy atom. The van der Waals surface area contributed by atoms with Crippen molar-refractivity contribution in [3.8, 4) is 0 Å². The Morgan fingerprint density at radius 3 is 2.62 bits per heavy atom. The zero-order chi connectivity index (χ0) is 24.1. The number of esters is 1. The number of ether oxygens (including phenoxy) is 1. The Kier molecular flexibility index (Phi) is 5.50. The molecule has 0 radical (unpaired) electrons. The minimum absolute atomic E-state index is 0.0454. The SMILES string of the molecule is CCOC(=O)c1sc(N2C(=O)c3oc4ccc(Cl)cc4c(=O)c3C2c2ccc(C)cc2)nc1C. The summed E-state index contributed by atoms with van der Waals surface area (Å²) >= 11 is 7.18. The number of nitrogens with zero attached hydrogens (tertiary/aromatic N) is 2. The fourth-order valence-corrected chi connectivity index (χ4v) is 5.24. The summed E-state index contributed by atoms with van der Waals surface area (Å²) in [7, 11) is 0. The minimum atomic E-state index is -0.775. The fraction of sp³-hybridized carbons (Fsp3) is 0.200. The molecule has 0 spiro atoms. The standard InChI is InChI=1S/C25H19ClN2O5S/c1-4-32-24(31)22-13(3)27-25(34-22)28-19(14-7-5-12(2)6-8-14)18-20(29)16-11-15(26)9-10-17(16)33-21(18)23(28)30/h5-11,19H,4H2,1-3H3. The summed E-state index contributed by atoms with van der Waals surface area (Å²) in [6.07, 6.45) is 0. The van der Waals surface area contributed by atoms with Crippen LogP contribution in [0.2, 0.25) is 5.02 Å². The molecule has 0 fully saturated rings. The third-order valence-electron chi connectivity index (χ3n) is 5.68. The number of benzene rings is 2. The molecule has 0 saturated carbocycles. The van der Waals surface area contributed by atoms with Gasteiger partial charge in [-0.05, 0) is 44.5 Å². The molecule has 3 heterocycles. The molecule has 5 rings (SSSR count). The first-order valence-corrected chi connectivity index (χ1v) is 11.8. The highest BCUT2D eigenvalue weighted by Gasteiger charge is 2.45. The lowest BCUT2D eigenvalue weighted by molar-refractivity contribution is 0.0531. The van der Waals surface area contributed by atoms with E-state index in [9.17, 15) is 14.4 Å². The second kappa shape index (κ2) is 8.38.